The van der Waals surface area contributed by atoms with E-state index in [1.807, 2.05) is 19.2 Å². The number of nitrogens with zero attached hydrogens (tertiary/aromatic N) is 3. The number of hydrogen-bond donors (Lipinski definition) is 0. The van der Waals surface area contributed by atoms with E-state index >= 15 is 0 Å². The number of ether oxygens (including phenoxy) is 1. The van der Waals surface area contributed by atoms with Gasteiger partial charge in [0.2, 0.25) is 0 Å². The van der Waals surface area contributed by atoms with Crippen molar-refractivity contribution in [1.82, 2.24) is 15.0 Å². The van der Waals surface area contributed by atoms with Gasteiger partial charge < -0.3 is 4.74 Å². The summed E-state index contributed by atoms with van der Waals surface area (Å²) in [7, 11) is 1.64. The third-order valence-corrected chi connectivity index (χ3v) is 2.58. The summed E-state index contributed by atoms with van der Waals surface area (Å²) in [5.41, 5.74) is 2.98. The van der Waals surface area contributed by atoms with Crippen LogP contribution in [0.1, 0.15) is 11.3 Å². The van der Waals surface area contributed by atoms with Crippen LogP contribution >= 0.6 is 15.9 Å². The van der Waals surface area contributed by atoms with Gasteiger partial charge in [0.25, 0.3) is 0 Å². The second kappa shape index (κ2) is 4.76. The fourth-order valence-electron chi connectivity index (χ4n) is 1.49. The second-order valence-corrected chi connectivity index (χ2v) is 4.49. The number of rotatable bonds is 3. The lowest BCUT2D eigenvalue weighted by Crippen LogP contribution is -1.95. The molecule has 2 rings (SSSR count). The molecule has 0 amide bonds. The van der Waals surface area contributed by atoms with Gasteiger partial charge in [-0.25, -0.2) is 4.68 Å². The minimum atomic E-state index is 0.479. The van der Waals surface area contributed by atoms with Crippen LogP contribution in [0.15, 0.2) is 28.9 Å². The molecule has 1 heterocycles. The van der Waals surface area contributed by atoms with E-state index in [0.717, 1.165) is 15.9 Å². The zero-order valence-electron chi connectivity index (χ0n) is 9.14. The quantitative estimate of drug-likeness (QED) is 0.868. The van der Waals surface area contributed by atoms with Gasteiger partial charge in [0.15, 0.2) is 0 Å². The Hall–Kier alpha value is -1.20. The standard InChI is InChI=1S/C11H12BrN3O/c1-8-3-9(12)5-11(4-8)15-6-10(7-16-2)13-14-15/h3-6H,7H2,1-2H3. The summed E-state index contributed by atoms with van der Waals surface area (Å²) in [6, 6.07) is 6.10. The Morgan fingerprint density at radius 2 is 2.19 bits per heavy atom. The minimum Gasteiger partial charge on any atom is -0.378 e. The molecule has 0 unspecified atom stereocenters. The van der Waals surface area contributed by atoms with Crippen molar-refractivity contribution in [3.8, 4) is 5.69 Å². The number of halogens is 1. The molecule has 1 aromatic carbocycles. The summed E-state index contributed by atoms with van der Waals surface area (Å²) in [5.74, 6) is 0. The predicted octanol–water partition coefficient (Wildman–Crippen LogP) is 2.48. The maximum atomic E-state index is 5.00. The molecule has 0 radical (unpaired) electrons. The van der Waals surface area contributed by atoms with Gasteiger partial charge in [-0.2, -0.15) is 0 Å². The molecule has 0 saturated carbocycles. The molecular weight excluding hydrogens is 270 g/mol. The van der Waals surface area contributed by atoms with Gasteiger partial charge >= 0.3 is 0 Å². The molecule has 0 aliphatic carbocycles. The highest BCUT2D eigenvalue weighted by Gasteiger charge is 2.03. The van der Waals surface area contributed by atoms with Crippen molar-refractivity contribution in [3.63, 3.8) is 0 Å². The topological polar surface area (TPSA) is 39.9 Å². The number of hydrogen-bond acceptors (Lipinski definition) is 3. The number of aromatic nitrogens is 3. The fraction of sp³-hybridized carbons (Fsp3) is 0.273. The zero-order valence-corrected chi connectivity index (χ0v) is 10.7. The van der Waals surface area contributed by atoms with Crippen LogP contribution in [-0.4, -0.2) is 22.1 Å². The zero-order chi connectivity index (χ0) is 11.5. The van der Waals surface area contributed by atoms with E-state index in [1.54, 1.807) is 11.8 Å². The largest absolute Gasteiger partial charge is 0.378 e. The van der Waals surface area contributed by atoms with E-state index in [2.05, 4.69) is 38.4 Å². The molecule has 0 spiro atoms. The molecule has 0 fully saturated rings. The van der Waals surface area contributed by atoms with Crippen LogP contribution < -0.4 is 0 Å². The van der Waals surface area contributed by atoms with Crippen molar-refractivity contribution >= 4 is 15.9 Å². The van der Waals surface area contributed by atoms with Crippen molar-refractivity contribution < 1.29 is 4.74 Å². The van der Waals surface area contributed by atoms with Crippen LogP contribution in [0.25, 0.3) is 5.69 Å². The van der Waals surface area contributed by atoms with E-state index in [4.69, 9.17) is 4.74 Å². The highest BCUT2D eigenvalue weighted by Crippen LogP contribution is 2.18. The minimum absolute atomic E-state index is 0.479. The van der Waals surface area contributed by atoms with Gasteiger partial charge in [0, 0.05) is 11.6 Å². The Labute approximate surface area is 102 Å². The van der Waals surface area contributed by atoms with Gasteiger partial charge in [-0.05, 0) is 30.7 Å². The van der Waals surface area contributed by atoms with Crippen LogP contribution in [0.2, 0.25) is 0 Å². The highest BCUT2D eigenvalue weighted by molar-refractivity contribution is 9.10. The van der Waals surface area contributed by atoms with Crippen molar-refractivity contribution in [2.45, 2.75) is 13.5 Å². The summed E-state index contributed by atoms with van der Waals surface area (Å²) in [5, 5.41) is 8.07. The maximum Gasteiger partial charge on any atom is 0.109 e. The molecule has 0 saturated heterocycles. The molecule has 0 aliphatic rings. The summed E-state index contributed by atoms with van der Waals surface area (Å²) < 4.78 is 7.78. The number of benzene rings is 1. The average Bonchev–Trinajstić information content (AvgIpc) is 2.65. The summed E-state index contributed by atoms with van der Waals surface area (Å²) in [6.07, 6.45) is 1.87. The van der Waals surface area contributed by atoms with Crippen molar-refractivity contribution in [1.29, 1.82) is 0 Å². The van der Waals surface area contributed by atoms with E-state index in [9.17, 15) is 0 Å². The molecule has 0 N–H and O–H groups in total. The van der Waals surface area contributed by atoms with Crippen LogP contribution in [0.4, 0.5) is 0 Å². The number of aryl methyl sites for hydroxylation is 1. The summed E-state index contributed by atoms with van der Waals surface area (Å²) in [6.45, 7) is 2.52. The van der Waals surface area contributed by atoms with Gasteiger partial charge in [-0.1, -0.05) is 21.1 Å². The monoisotopic (exact) mass is 281 g/mol. The molecule has 5 heteroatoms. The number of methoxy groups -OCH3 is 1. The van der Waals surface area contributed by atoms with Gasteiger partial charge in [0.05, 0.1) is 18.5 Å². The fourth-order valence-corrected chi connectivity index (χ4v) is 2.08. The summed E-state index contributed by atoms with van der Waals surface area (Å²) >= 11 is 3.46. The van der Waals surface area contributed by atoms with Crippen LogP contribution in [0.5, 0.6) is 0 Å². The Balaban J connectivity index is 2.34. The van der Waals surface area contributed by atoms with E-state index in [0.29, 0.717) is 6.61 Å². The Morgan fingerprint density at radius 1 is 1.38 bits per heavy atom. The van der Waals surface area contributed by atoms with Gasteiger partial charge in [-0.3, -0.25) is 0 Å². The Bertz CT molecular complexity index is 475. The van der Waals surface area contributed by atoms with Crippen molar-refractivity contribution in [2.75, 3.05) is 7.11 Å². The predicted molar refractivity (Wildman–Crippen MR) is 64.5 cm³/mol. The van der Waals surface area contributed by atoms with Crippen LogP contribution in [0.3, 0.4) is 0 Å². The molecule has 0 atom stereocenters. The van der Waals surface area contributed by atoms with E-state index < -0.39 is 0 Å². The molecular formula is C11H12BrN3O. The molecule has 2 aromatic rings. The summed E-state index contributed by atoms with van der Waals surface area (Å²) in [4.78, 5) is 0. The van der Waals surface area contributed by atoms with E-state index in [-0.39, 0.29) is 0 Å². The molecule has 84 valence electrons. The highest BCUT2D eigenvalue weighted by atomic mass is 79.9. The smallest absolute Gasteiger partial charge is 0.109 e. The Kier molecular flexibility index (Phi) is 3.36. The first kappa shape index (κ1) is 11.3. The first-order chi connectivity index (χ1) is 7.69. The van der Waals surface area contributed by atoms with E-state index in [1.165, 1.54) is 5.56 Å². The lowest BCUT2D eigenvalue weighted by Gasteiger charge is -2.02. The molecule has 16 heavy (non-hydrogen) atoms. The van der Waals surface area contributed by atoms with Crippen LogP contribution in [-0.2, 0) is 11.3 Å². The molecule has 1 aromatic heterocycles. The third kappa shape index (κ3) is 2.48. The average molecular weight is 282 g/mol. The maximum absolute atomic E-state index is 5.00. The lowest BCUT2D eigenvalue weighted by atomic mass is 10.2. The Morgan fingerprint density at radius 3 is 2.88 bits per heavy atom. The van der Waals surface area contributed by atoms with Crippen molar-refractivity contribution in [3.05, 3.63) is 40.1 Å². The molecule has 0 bridgehead atoms. The third-order valence-electron chi connectivity index (χ3n) is 2.12. The first-order valence-corrected chi connectivity index (χ1v) is 5.66. The van der Waals surface area contributed by atoms with Gasteiger partial charge in [-0.15, -0.1) is 5.10 Å². The molecule has 4 nitrogen and oxygen atoms in total. The molecule has 0 aliphatic heterocycles. The second-order valence-electron chi connectivity index (χ2n) is 3.57. The lowest BCUT2D eigenvalue weighted by molar-refractivity contribution is 0.181. The van der Waals surface area contributed by atoms with Crippen molar-refractivity contribution in [2.24, 2.45) is 0 Å². The van der Waals surface area contributed by atoms with Crippen LogP contribution in [0, 0.1) is 6.92 Å². The normalized spacial score (nSPS) is 10.7. The first-order valence-electron chi connectivity index (χ1n) is 4.87. The van der Waals surface area contributed by atoms with Gasteiger partial charge in [0.1, 0.15) is 5.69 Å². The SMILES string of the molecule is COCc1cn(-c2cc(C)cc(Br)c2)nn1.